The van der Waals surface area contributed by atoms with Crippen LogP contribution in [0.3, 0.4) is 0 Å². The fraction of sp³-hybridized carbons (Fsp3) is 1.00. The number of unbranched alkanes of at least 4 members (excludes halogenated alkanes) is 17. The van der Waals surface area contributed by atoms with Gasteiger partial charge in [0.1, 0.15) is 0 Å². The van der Waals surface area contributed by atoms with E-state index >= 15 is 0 Å². The van der Waals surface area contributed by atoms with Crippen molar-refractivity contribution in [3.8, 4) is 0 Å². The molecule has 0 atom stereocenters. The van der Waals surface area contributed by atoms with Gasteiger partial charge < -0.3 is 0 Å². The van der Waals surface area contributed by atoms with Crippen molar-refractivity contribution in [2.75, 3.05) is 18.1 Å². The van der Waals surface area contributed by atoms with Crippen molar-refractivity contribution in [1.29, 1.82) is 0 Å². The molecule has 166 valence electrons. The Bertz CT molecular complexity index is 389. The molecule has 0 fully saturated rings. The molecule has 0 saturated carbocycles. The van der Waals surface area contributed by atoms with E-state index < -0.39 is 10.1 Å². The molecule has 0 saturated heterocycles. The molecule has 28 heavy (non-hydrogen) atoms. The average Bonchev–Trinajstić information content (AvgIpc) is 2.63. The van der Waals surface area contributed by atoms with Gasteiger partial charge in [0.2, 0.25) is 0 Å². The SMILES string of the molecule is CCCCCCCCCCCCCCCCCCCCOS(=O)(=O)CCS.[NaH]. The minimum absolute atomic E-state index is 0. The maximum atomic E-state index is 11.3. The maximum absolute atomic E-state index is 11.3. The third kappa shape index (κ3) is 25.3. The zero-order valence-corrected chi connectivity index (χ0v) is 19.6. The zero-order valence-electron chi connectivity index (χ0n) is 17.9. The van der Waals surface area contributed by atoms with Crippen molar-refractivity contribution in [3.05, 3.63) is 0 Å². The number of hydrogen-bond donors (Lipinski definition) is 1. The molecule has 0 aliphatic rings. The van der Waals surface area contributed by atoms with Crippen LogP contribution < -0.4 is 0 Å². The van der Waals surface area contributed by atoms with E-state index in [0.717, 1.165) is 12.8 Å². The third-order valence-corrected chi connectivity index (χ3v) is 6.86. The van der Waals surface area contributed by atoms with E-state index in [1.54, 1.807) is 0 Å². The van der Waals surface area contributed by atoms with Gasteiger partial charge in [0, 0.05) is 5.75 Å². The molecule has 0 heterocycles. The summed E-state index contributed by atoms with van der Waals surface area (Å²) in [5.41, 5.74) is 0. The van der Waals surface area contributed by atoms with E-state index in [2.05, 4.69) is 19.6 Å². The first-order valence-electron chi connectivity index (χ1n) is 11.6. The summed E-state index contributed by atoms with van der Waals surface area (Å²) in [6, 6.07) is 0. The first kappa shape index (κ1) is 31.4. The Labute approximate surface area is 204 Å². The molecule has 0 aromatic carbocycles. The molecule has 0 N–H and O–H groups in total. The molecular formula is C22H47NaO3S2. The molecule has 0 aliphatic heterocycles. The van der Waals surface area contributed by atoms with E-state index in [-0.39, 0.29) is 35.3 Å². The van der Waals surface area contributed by atoms with Crippen LogP contribution in [0.1, 0.15) is 122 Å². The summed E-state index contributed by atoms with van der Waals surface area (Å²) >= 11 is 3.92. The minimum atomic E-state index is -3.33. The van der Waals surface area contributed by atoms with Gasteiger partial charge in [0.15, 0.2) is 0 Å². The average molecular weight is 447 g/mol. The number of thiol groups is 1. The van der Waals surface area contributed by atoms with Crippen molar-refractivity contribution in [3.63, 3.8) is 0 Å². The van der Waals surface area contributed by atoms with Crippen LogP contribution in [0.25, 0.3) is 0 Å². The Morgan fingerprint density at radius 1 is 0.607 bits per heavy atom. The molecule has 6 heteroatoms. The first-order valence-corrected chi connectivity index (χ1v) is 13.8. The standard InChI is InChI=1S/C22H46O3S2.Na.H/c1-2-3-4-5-6-7-8-9-10-11-12-13-14-15-16-17-18-19-20-25-27(23,24)22-21-26;;/h26H,2-22H2,1H3;;. The van der Waals surface area contributed by atoms with Crippen LogP contribution in [0.2, 0.25) is 0 Å². The van der Waals surface area contributed by atoms with Crippen LogP contribution in [-0.2, 0) is 14.3 Å². The van der Waals surface area contributed by atoms with Crippen molar-refractivity contribution in [1.82, 2.24) is 0 Å². The van der Waals surface area contributed by atoms with Crippen molar-refractivity contribution < 1.29 is 12.6 Å². The van der Waals surface area contributed by atoms with Gasteiger partial charge in [0.05, 0.1) is 12.4 Å². The van der Waals surface area contributed by atoms with Gasteiger partial charge >= 0.3 is 29.6 Å². The summed E-state index contributed by atoms with van der Waals surface area (Å²) in [5.74, 6) is 0.330. The van der Waals surface area contributed by atoms with Gasteiger partial charge in [-0.3, -0.25) is 4.18 Å². The van der Waals surface area contributed by atoms with Gasteiger partial charge in [-0.15, -0.1) is 0 Å². The van der Waals surface area contributed by atoms with E-state index in [9.17, 15) is 8.42 Å². The summed E-state index contributed by atoms with van der Waals surface area (Å²) in [4.78, 5) is 0. The fourth-order valence-corrected chi connectivity index (χ4v) is 4.74. The van der Waals surface area contributed by atoms with E-state index in [0.29, 0.717) is 12.4 Å². The number of hydrogen-bond acceptors (Lipinski definition) is 4. The molecule has 0 amide bonds. The topological polar surface area (TPSA) is 43.4 Å². The molecule has 0 unspecified atom stereocenters. The van der Waals surface area contributed by atoms with Crippen LogP contribution >= 0.6 is 12.6 Å². The van der Waals surface area contributed by atoms with E-state index in [4.69, 9.17) is 4.18 Å². The van der Waals surface area contributed by atoms with Gasteiger partial charge in [0.25, 0.3) is 10.1 Å². The van der Waals surface area contributed by atoms with Crippen LogP contribution in [0.4, 0.5) is 0 Å². The van der Waals surface area contributed by atoms with Crippen molar-refractivity contribution in [2.24, 2.45) is 0 Å². The second-order valence-corrected chi connectivity index (χ2v) is 10.0. The Morgan fingerprint density at radius 3 is 1.25 bits per heavy atom. The predicted octanol–water partition coefficient (Wildman–Crippen LogP) is 6.66. The monoisotopic (exact) mass is 446 g/mol. The molecule has 0 aromatic heterocycles. The van der Waals surface area contributed by atoms with Crippen molar-refractivity contribution >= 4 is 52.3 Å². The van der Waals surface area contributed by atoms with Crippen LogP contribution in [0, 0.1) is 0 Å². The molecule has 0 aliphatic carbocycles. The quantitative estimate of drug-likeness (QED) is 0.0875. The normalized spacial score (nSPS) is 11.5. The second-order valence-electron chi connectivity index (χ2n) is 7.82. The van der Waals surface area contributed by atoms with E-state index in [1.165, 1.54) is 103 Å². The summed E-state index contributed by atoms with van der Waals surface area (Å²) in [5, 5.41) is 0. The van der Waals surface area contributed by atoms with Gasteiger partial charge in [-0.25, -0.2) is 0 Å². The predicted molar refractivity (Wildman–Crippen MR) is 130 cm³/mol. The molecule has 0 spiro atoms. The van der Waals surface area contributed by atoms with Crippen molar-refractivity contribution in [2.45, 2.75) is 122 Å². The first-order chi connectivity index (χ1) is 13.1. The summed E-state index contributed by atoms with van der Waals surface area (Å²) in [6.45, 7) is 2.61. The number of rotatable bonds is 22. The van der Waals surface area contributed by atoms with Gasteiger partial charge in [-0.1, -0.05) is 116 Å². The fourth-order valence-electron chi connectivity index (χ4n) is 3.36. The van der Waals surface area contributed by atoms with Crippen LogP contribution in [-0.4, -0.2) is 56.1 Å². The molecular weight excluding hydrogens is 399 g/mol. The Morgan fingerprint density at radius 2 is 0.929 bits per heavy atom. The van der Waals surface area contributed by atoms with E-state index in [1.807, 2.05) is 0 Å². The molecule has 0 radical (unpaired) electrons. The summed E-state index contributed by atoms with van der Waals surface area (Å²) in [7, 11) is -3.33. The third-order valence-electron chi connectivity index (χ3n) is 5.10. The Hall–Kier alpha value is 1.26. The van der Waals surface area contributed by atoms with Crippen LogP contribution in [0.15, 0.2) is 0 Å². The summed E-state index contributed by atoms with van der Waals surface area (Å²) < 4.78 is 27.6. The zero-order chi connectivity index (χ0) is 20.1. The van der Waals surface area contributed by atoms with Crippen LogP contribution in [0.5, 0.6) is 0 Å². The second kappa shape index (κ2) is 24.5. The van der Waals surface area contributed by atoms with Gasteiger partial charge in [-0.2, -0.15) is 21.0 Å². The summed E-state index contributed by atoms with van der Waals surface area (Å²) in [6.07, 6.45) is 24.0. The Balaban J connectivity index is 0. The Kier molecular flexibility index (Phi) is 27.5. The molecule has 3 nitrogen and oxygen atoms in total. The van der Waals surface area contributed by atoms with Gasteiger partial charge in [-0.05, 0) is 6.42 Å². The molecule has 0 bridgehead atoms. The molecule has 0 aromatic rings. The molecule has 0 rings (SSSR count).